The largest absolute Gasteiger partial charge is 0.478 e. The van der Waals surface area contributed by atoms with Crippen LogP contribution in [0.1, 0.15) is 31.1 Å². The fraction of sp³-hybridized carbons (Fsp3) is 0.160. The molecule has 0 aromatic heterocycles. The van der Waals surface area contributed by atoms with E-state index in [0.29, 0.717) is 54.2 Å². The molecule has 0 radical (unpaired) electrons. The number of aromatic carboxylic acids is 1. The molecule has 2 amide bonds. The van der Waals surface area contributed by atoms with Crippen molar-refractivity contribution in [1.29, 1.82) is 0 Å². The lowest BCUT2D eigenvalue weighted by Crippen LogP contribution is -2.40. The van der Waals surface area contributed by atoms with Gasteiger partial charge in [-0.25, -0.2) is 4.79 Å². The molecule has 4 rings (SSSR count). The van der Waals surface area contributed by atoms with Crippen LogP contribution in [0.4, 0.5) is 5.69 Å². The quantitative estimate of drug-likeness (QED) is 0.642. The molecular formula is C25H22N2O5. The molecule has 0 aliphatic carbocycles. The molecule has 3 aromatic rings. The van der Waals surface area contributed by atoms with Gasteiger partial charge in [0, 0.05) is 29.9 Å². The molecule has 1 aliphatic heterocycles. The Kier molecular flexibility index (Phi) is 6.28. The van der Waals surface area contributed by atoms with E-state index >= 15 is 0 Å². The van der Waals surface area contributed by atoms with Crippen molar-refractivity contribution in [1.82, 2.24) is 4.90 Å². The minimum absolute atomic E-state index is 0.0678. The van der Waals surface area contributed by atoms with Gasteiger partial charge in [-0.1, -0.05) is 36.4 Å². The number of carbonyl (C=O) groups is 3. The van der Waals surface area contributed by atoms with Crippen LogP contribution >= 0.6 is 0 Å². The van der Waals surface area contributed by atoms with E-state index in [2.05, 4.69) is 5.32 Å². The standard InChI is InChI=1S/C25H22N2O5/c28-23(21-7-3-1-5-19(21)20-6-2-4-8-22(20)25(30)31)26-18-11-9-17(10-12-18)24(29)27-13-15-32-16-14-27/h1-12H,13-16H2,(H,26,28)(H,30,31). The molecule has 0 unspecified atom stereocenters. The SMILES string of the molecule is O=C(O)c1ccccc1-c1ccccc1C(=O)Nc1ccc(C(=O)N2CCOCC2)cc1. The first kappa shape index (κ1) is 21.3. The zero-order valence-electron chi connectivity index (χ0n) is 17.3. The second-order valence-corrected chi connectivity index (χ2v) is 7.33. The number of amides is 2. The van der Waals surface area contributed by atoms with Gasteiger partial charge in [-0.05, 0) is 47.5 Å². The smallest absolute Gasteiger partial charge is 0.336 e. The Labute approximate surface area is 185 Å². The maximum Gasteiger partial charge on any atom is 0.336 e. The number of carboxylic acids is 1. The number of benzene rings is 3. The number of carboxylic acid groups (broad SMARTS) is 1. The lowest BCUT2D eigenvalue weighted by Gasteiger charge is -2.26. The molecule has 162 valence electrons. The summed E-state index contributed by atoms with van der Waals surface area (Å²) < 4.78 is 5.28. The molecule has 0 spiro atoms. The number of hydrogen-bond donors (Lipinski definition) is 2. The number of morpholine rings is 1. The van der Waals surface area contributed by atoms with Gasteiger partial charge in [0.1, 0.15) is 0 Å². The molecule has 7 heteroatoms. The third-order valence-electron chi connectivity index (χ3n) is 5.31. The van der Waals surface area contributed by atoms with Crippen molar-refractivity contribution < 1.29 is 24.2 Å². The number of carbonyl (C=O) groups excluding carboxylic acids is 2. The van der Waals surface area contributed by atoms with Gasteiger partial charge in [-0.15, -0.1) is 0 Å². The van der Waals surface area contributed by atoms with E-state index in [9.17, 15) is 19.5 Å². The van der Waals surface area contributed by atoms with Crippen LogP contribution in [0.25, 0.3) is 11.1 Å². The van der Waals surface area contributed by atoms with E-state index < -0.39 is 5.97 Å². The molecule has 1 aliphatic rings. The summed E-state index contributed by atoms with van der Waals surface area (Å²) in [7, 11) is 0. The minimum atomic E-state index is -1.06. The maximum absolute atomic E-state index is 13.0. The normalized spacial score (nSPS) is 13.4. The van der Waals surface area contributed by atoms with Gasteiger partial charge in [-0.3, -0.25) is 9.59 Å². The summed E-state index contributed by atoms with van der Waals surface area (Å²) in [5.41, 5.74) is 2.56. The van der Waals surface area contributed by atoms with Gasteiger partial charge in [-0.2, -0.15) is 0 Å². The highest BCUT2D eigenvalue weighted by Crippen LogP contribution is 2.28. The summed E-state index contributed by atoms with van der Waals surface area (Å²) in [5, 5.41) is 12.3. The molecule has 1 saturated heterocycles. The van der Waals surface area contributed by atoms with Crippen LogP contribution in [0, 0.1) is 0 Å². The maximum atomic E-state index is 13.0. The van der Waals surface area contributed by atoms with Crippen molar-refractivity contribution in [3.63, 3.8) is 0 Å². The van der Waals surface area contributed by atoms with Crippen molar-refractivity contribution in [2.75, 3.05) is 31.6 Å². The van der Waals surface area contributed by atoms with Gasteiger partial charge in [0.15, 0.2) is 0 Å². The first-order chi connectivity index (χ1) is 15.5. The van der Waals surface area contributed by atoms with E-state index in [4.69, 9.17) is 4.74 Å². The predicted molar refractivity (Wildman–Crippen MR) is 120 cm³/mol. The molecule has 0 atom stereocenters. The van der Waals surface area contributed by atoms with Gasteiger partial charge in [0.25, 0.3) is 11.8 Å². The molecule has 7 nitrogen and oxygen atoms in total. The lowest BCUT2D eigenvalue weighted by atomic mass is 9.95. The molecule has 1 heterocycles. The zero-order chi connectivity index (χ0) is 22.5. The highest BCUT2D eigenvalue weighted by Gasteiger charge is 2.20. The van der Waals surface area contributed by atoms with Gasteiger partial charge >= 0.3 is 5.97 Å². The summed E-state index contributed by atoms with van der Waals surface area (Å²) in [6.45, 7) is 2.19. The highest BCUT2D eigenvalue weighted by atomic mass is 16.5. The summed E-state index contributed by atoms with van der Waals surface area (Å²) in [5.74, 6) is -1.49. The van der Waals surface area contributed by atoms with Crippen LogP contribution in [0.15, 0.2) is 72.8 Å². The van der Waals surface area contributed by atoms with E-state index in [1.807, 2.05) is 0 Å². The topological polar surface area (TPSA) is 95.9 Å². The Morgan fingerprint density at radius 1 is 0.781 bits per heavy atom. The average molecular weight is 430 g/mol. The molecule has 32 heavy (non-hydrogen) atoms. The van der Waals surface area contributed by atoms with E-state index in [-0.39, 0.29) is 17.4 Å². The summed E-state index contributed by atoms with van der Waals surface area (Å²) in [6, 6.07) is 20.2. The number of anilines is 1. The van der Waals surface area contributed by atoms with E-state index in [0.717, 1.165) is 0 Å². The fourth-order valence-corrected chi connectivity index (χ4v) is 3.66. The number of hydrogen-bond acceptors (Lipinski definition) is 4. The van der Waals surface area contributed by atoms with Gasteiger partial charge in [0.2, 0.25) is 0 Å². The van der Waals surface area contributed by atoms with Gasteiger partial charge in [0.05, 0.1) is 18.8 Å². The van der Waals surface area contributed by atoms with Crippen LogP contribution in [0.3, 0.4) is 0 Å². The lowest BCUT2D eigenvalue weighted by molar-refractivity contribution is 0.0303. The Bertz CT molecular complexity index is 1150. The first-order valence-corrected chi connectivity index (χ1v) is 10.2. The zero-order valence-corrected chi connectivity index (χ0v) is 17.3. The van der Waals surface area contributed by atoms with E-state index in [1.165, 1.54) is 6.07 Å². The molecule has 3 aromatic carbocycles. The van der Waals surface area contributed by atoms with Crippen molar-refractivity contribution >= 4 is 23.5 Å². The second-order valence-electron chi connectivity index (χ2n) is 7.33. The van der Waals surface area contributed by atoms with E-state index in [1.54, 1.807) is 71.6 Å². The molecule has 1 fully saturated rings. The Morgan fingerprint density at radius 2 is 1.34 bits per heavy atom. The third kappa shape index (κ3) is 4.53. The molecule has 2 N–H and O–H groups in total. The summed E-state index contributed by atoms with van der Waals surface area (Å²) in [4.78, 5) is 39.0. The molecule has 0 bridgehead atoms. The monoisotopic (exact) mass is 430 g/mol. The molecule has 0 saturated carbocycles. The number of nitrogens with one attached hydrogen (secondary N) is 1. The average Bonchev–Trinajstić information content (AvgIpc) is 2.84. The van der Waals surface area contributed by atoms with Crippen LogP contribution in [0.2, 0.25) is 0 Å². The predicted octanol–water partition coefficient (Wildman–Crippen LogP) is 3.78. The number of nitrogens with zero attached hydrogens (tertiary/aromatic N) is 1. The van der Waals surface area contributed by atoms with Crippen LogP contribution in [0.5, 0.6) is 0 Å². The Balaban J connectivity index is 1.54. The van der Waals surface area contributed by atoms with Crippen molar-refractivity contribution in [2.24, 2.45) is 0 Å². The van der Waals surface area contributed by atoms with Crippen molar-refractivity contribution in [3.05, 3.63) is 89.5 Å². The minimum Gasteiger partial charge on any atom is -0.478 e. The Hall–Kier alpha value is -3.97. The summed E-state index contributed by atoms with van der Waals surface area (Å²) >= 11 is 0. The number of ether oxygens (including phenoxy) is 1. The first-order valence-electron chi connectivity index (χ1n) is 10.2. The summed E-state index contributed by atoms with van der Waals surface area (Å²) in [6.07, 6.45) is 0. The Morgan fingerprint density at radius 3 is 1.97 bits per heavy atom. The molecular weight excluding hydrogens is 408 g/mol. The third-order valence-corrected chi connectivity index (χ3v) is 5.31. The second kappa shape index (κ2) is 9.45. The fourth-order valence-electron chi connectivity index (χ4n) is 3.66. The van der Waals surface area contributed by atoms with Crippen LogP contribution < -0.4 is 5.32 Å². The van der Waals surface area contributed by atoms with Gasteiger partial charge < -0.3 is 20.1 Å². The highest BCUT2D eigenvalue weighted by molar-refractivity contribution is 6.10. The van der Waals surface area contributed by atoms with Crippen LogP contribution in [-0.4, -0.2) is 54.1 Å². The van der Waals surface area contributed by atoms with Crippen molar-refractivity contribution in [2.45, 2.75) is 0 Å². The van der Waals surface area contributed by atoms with Crippen LogP contribution in [-0.2, 0) is 4.74 Å². The number of rotatable bonds is 5. The van der Waals surface area contributed by atoms with Crippen molar-refractivity contribution in [3.8, 4) is 11.1 Å².